The fourth-order valence-corrected chi connectivity index (χ4v) is 2.93. The molecule has 0 unspecified atom stereocenters. The van der Waals surface area contributed by atoms with Crippen molar-refractivity contribution in [3.63, 3.8) is 0 Å². The van der Waals surface area contributed by atoms with Crippen LogP contribution in [-0.4, -0.2) is 44.1 Å². The zero-order chi connectivity index (χ0) is 16.1. The van der Waals surface area contributed by atoms with Crippen molar-refractivity contribution in [2.75, 3.05) is 38.2 Å². The monoisotopic (exact) mass is 314 g/mol. The van der Waals surface area contributed by atoms with E-state index in [0.29, 0.717) is 12.8 Å². The number of piperazine rings is 1. The Kier molecular flexibility index (Phi) is 4.86. The van der Waals surface area contributed by atoms with Crippen LogP contribution in [0.2, 0.25) is 0 Å². The molecule has 2 heterocycles. The highest BCUT2D eigenvalue weighted by molar-refractivity contribution is 5.76. The van der Waals surface area contributed by atoms with Gasteiger partial charge < -0.3 is 19.0 Å². The molecule has 0 spiro atoms. The maximum Gasteiger partial charge on any atom is 0.223 e. The van der Waals surface area contributed by atoms with E-state index in [-0.39, 0.29) is 5.91 Å². The Hall–Kier alpha value is -2.43. The molecule has 0 radical (unpaired) electrons. The maximum atomic E-state index is 12.3. The molecule has 1 aromatic carbocycles. The first kappa shape index (κ1) is 15.5. The van der Waals surface area contributed by atoms with Crippen molar-refractivity contribution in [3.05, 3.63) is 48.4 Å². The number of carbonyl (C=O) groups excluding carboxylic acids is 1. The van der Waals surface area contributed by atoms with Gasteiger partial charge in [-0.3, -0.25) is 4.79 Å². The van der Waals surface area contributed by atoms with Crippen molar-refractivity contribution in [2.24, 2.45) is 0 Å². The molecule has 23 heavy (non-hydrogen) atoms. The van der Waals surface area contributed by atoms with E-state index < -0.39 is 0 Å². The van der Waals surface area contributed by atoms with Gasteiger partial charge in [0.15, 0.2) is 0 Å². The van der Waals surface area contributed by atoms with E-state index >= 15 is 0 Å². The lowest BCUT2D eigenvalue weighted by molar-refractivity contribution is -0.131. The van der Waals surface area contributed by atoms with E-state index in [4.69, 9.17) is 9.15 Å². The molecule has 1 amide bonds. The minimum Gasteiger partial charge on any atom is -0.495 e. The average Bonchev–Trinajstić information content (AvgIpc) is 3.13. The summed E-state index contributed by atoms with van der Waals surface area (Å²) in [5, 5.41) is 0. The van der Waals surface area contributed by atoms with Gasteiger partial charge in [-0.05, 0) is 24.3 Å². The summed E-state index contributed by atoms with van der Waals surface area (Å²) >= 11 is 0. The van der Waals surface area contributed by atoms with Crippen LogP contribution in [0.25, 0.3) is 0 Å². The van der Waals surface area contributed by atoms with Crippen molar-refractivity contribution in [3.8, 4) is 5.75 Å². The van der Waals surface area contributed by atoms with E-state index in [1.165, 1.54) is 0 Å². The summed E-state index contributed by atoms with van der Waals surface area (Å²) < 4.78 is 10.7. The highest BCUT2D eigenvalue weighted by atomic mass is 16.5. The zero-order valence-corrected chi connectivity index (χ0v) is 13.4. The summed E-state index contributed by atoms with van der Waals surface area (Å²) in [6.45, 7) is 3.14. The van der Waals surface area contributed by atoms with Crippen molar-refractivity contribution in [2.45, 2.75) is 12.8 Å². The molecule has 2 aromatic rings. The summed E-state index contributed by atoms with van der Waals surface area (Å²) in [4.78, 5) is 16.5. The van der Waals surface area contributed by atoms with Crippen LogP contribution in [0, 0.1) is 0 Å². The third-order valence-electron chi connectivity index (χ3n) is 4.22. The Balaban J connectivity index is 1.52. The first-order valence-corrected chi connectivity index (χ1v) is 7.96. The summed E-state index contributed by atoms with van der Waals surface area (Å²) in [5.74, 6) is 1.94. The Morgan fingerprint density at radius 2 is 1.91 bits per heavy atom. The van der Waals surface area contributed by atoms with E-state index in [1.54, 1.807) is 13.4 Å². The van der Waals surface area contributed by atoms with E-state index in [0.717, 1.165) is 43.4 Å². The number of para-hydroxylation sites is 2. The Morgan fingerprint density at radius 3 is 2.61 bits per heavy atom. The van der Waals surface area contributed by atoms with E-state index in [1.807, 2.05) is 35.2 Å². The van der Waals surface area contributed by atoms with Crippen LogP contribution in [-0.2, 0) is 11.2 Å². The SMILES string of the molecule is COc1ccccc1N1CCN(C(=O)CCc2ccco2)CC1. The molecule has 0 bridgehead atoms. The largest absolute Gasteiger partial charge is 0.495 e. The summed E-state index contributed by atoms with van der Waals surface area (Å²) in [6, 6.07) is 11.8. The van der Waals surface area contributed by atoms with E-state index in [9.17, 15) is 4.79 Å². The average molecular weight is 314 g/mol. The minimum atomic E-state index is 0.195. The van der Waals surface area contributed by atoms with Crippen LogP contribution in [0.3, 0.4) is 0 Å². The van der Waals surface area contributed by atoms with E-state index in [2.05, 4.69) is 11.0 Å². The standard InChI is InChI=1S/C18H22N2O3/c1-22-17-7-3-2-6-16(17)19-10-12-20(13-11-19)18(21)9-8-15-5-4-14-23-15/h2-7,14H,8-13H2,1H3. The van der Waals surface area contributed by atoms with Crippen molar-refractivity contribution < 1.29 is 13.9 Å². The normalized spacial score (nSPS) is 14.8. The Morgan fingerprint density at radius 1 is 1.13 bits per heavy atom. The van der Waals surface area contributed by atoms with Crippen molar-refractivity contribution in [1.29, 1.82) is 0 Å². The molecule has 1 fully saturated rings. The molecule has 3 rings (SSSR count). The van der Waals surface area contributed by atoms with Crippen LogP contribution in [0.5, 0.6) is 5.75 Å². The van der Waals surface area contributed by atoms with Gasteiger partial charge in [-0.15, -0.1) is 0 Å². The van der Waals surface area contributed by atoms with Crippen LogP contribution < -0.4 is 9.64 Å². The van der Waals surface area contributed by atoms with Gasteiger partial charge in [-0.25, -0.2) is 0 Å². The third-order valence-corrected chi connectivity index (χ3v) is 4.22. The molecule has 0 N–H and O–H groups in total. The predicted molar refractivity (Wildman–Crippen MR) is 88.8 cm³/mol. The molecule has 5 heteroatoms. The maximum absolute atomic E-state index is 12.3. The number of anilines is 1. The smallest absolute Gasteiger partial charge is 0.223 e. The number of carbonyl (C=O) groups is 1. The Bertz CT molecular complexity index is 631. The second-order valence-corrected chi connectivity index (χ2v) is 5.62. The molecule has 1 aliphatic heterocycles. The van der Waals surface area contributed by atoms with Crippen molar-refractivity contribution >= 4 is 11.6 Å². The van der Waals surface area contributed by atoms with Gasteiger partial charge >= 0.3 is 0 Å². The zero-order valence-electron chi connectivity index (χ0n) is 13.4. The number of nitrogens with zero attached hydrogens (tertiary/aromatic N) is 2. The van der Waals surface area contributed by atoms with Gasteiger partial charge in [0.05, 0.1) is 19.1 Å². The van der Waals surface area contributed by atoms with Gasteiger partial charge in [0.25, 0.3) is 0 Å². The topological polar surface area (TPSA) is 45.9 Å². The fourth-order valence-electron chi connectivity index (χ4n) is 2.93. The predicted octanol–water partition coefficient (Wildman–Crippen LogP) is 2.57. The number of aryl methyl sites for hydroxylation is 1. The number of ether oxygens (including phenoxy) is 1. The molecule has 1 aromatic heterocycles. The number of methoxy groups -OCH3 is 1. The quantitative estimate of drug-likeness (QED) is 0.851. The van der Waals surface area contributed by atoms with Crippen LogP contribution >= 0.6 is 0 Å². The third kappa shape index (κ3) is 3.67. The minimum absolute atomic E-state index is 0.195. The highest BCUT2D eigenvalue weighted by Crippen LogP contribution is 2.28. The lowest BCUT2D eigenvalue weighted by Gasteiger charge is -2.36. The van der Waals surface area contributed by atoms with Crippen LogP contribution in [0.15, 0.2) is 47.1 Å². The summed E-state index contributed by atoms with van der Waals surface area (Å²) in [7, 11) is 1.69. The van der Waals surface area contributed by atoms with Gasteiger partial charge in [-0.1, -0.05) is 12.1 Å². The van der Waals surface area contributed by atoms with Crippen LogP contribution in [0.4, 0.5) is 5.69 Å². The number of rotatable bonds is 5. The number of furan rings is 1. The molecule has 0 saturated carbocycles. The first-order chi connectivity index (χ1) is 11.3. The highest BCUT2D eigenvalue weighted by Gasteiger charge is 2.22. The number of benzene rings is 1. The fraction of sp³-hybridized carbons (Fsp3) is 0.389. The molecule has 5 nitrogen and oxygen atoms in total. The number of amides is 1. The van der Waals surface area contributed by atoms with Crippen molar-refractivity contribution in [1.82, 2.24) is 4.90 Å². The van der Waals surface area contributed by atoms with Gasteiger partial charge in [0, 0.05) is 39.0 Å². The second kappa shape index (κ2) is 7.22. The van der Waals surface area contributed by atoms with Crippen LogP contribution in [0.1, 0.15) is 12.2 Å². The van der Waals surface area contributed by atoms with Gasteiger partial charge in [0.1, 0.15) is 11.5 Å². The Labute approximate surface area is 136 Å². The summed E-state index contributed by atoms with van der Waals surface area (Å²) in [6.07, 6.45) is 2.81. The molecule has 1 aliphatic rings. The molecular weight excluding hydrogens is 292 g/mol. The molecular formula is C18H22N2O3. The first-order valence-electron chi connectivity index (χ1n) is 7.96. The lowest BCUT2D eigenvalue weighted by Crippen LogP contribution is -2.48. The van der Waals surface area contributed by atoms with Gasteiger partial charge in [0.2, 0.25) is 5.91 Å². The van der Waals surface area contributed by atoms with Gasteiger partial charge in [-0.2, -0.15) is 0 Å². The molecule has 1 saturated heterocycles. The summed E-state index contributed by atoms with van der Waals surface area (Å²) in [5.41, 5.74) is 1.10. The molecule has 0 aliphatic carbocycles. The molecule has 0 atom stereocenters. The number of hydrogen-bond donors (Lipinski definition) is 0. The lowest BCUT2D eigenvalue weighted by atomic mass is 10.2. The number of hydrogen-bond acceptors (Lipinski definition) is 4. The second-order valence-electron chi connectivity index (χ2n) is 5.62. The molecule has 122 valence electrons.